The Labute approximate surface area is 98.3 Å². The van der Waals surface area contributed by atoms with Gasteiger partial charge in [-0.3, -0.25) is 0 Å². The molecular weight excluding hydrogens is 344 g/mol. The molecule has 0 aliphatic heterocycles. The van der Waals surface area contributed by atoms with E-state index in [9.17, 15) is 5.11 Å². The Balaban J connectivity index is 4.66. The first-order chi connectivity index (χ1) is 6.17. The van der Waals surface area contributed by atoms with Gasteiger partial charge in [0.05, 0.1) is 0 Å². The fraction of sp³-hybridized carbons (Fsp3) is 0.583. The summed E-state index contributed by atoms with van der Waals surface area (Å²) in [4.78, 5) is 0. The molecule has 0 amide bonds. The minimum atomic E-state index is -0.847. The summed E-state index contributed by atoms with van der Waals surface area (Å²) in [6.45, 7) is 9.96. The number of rotatable bonds is 3. The molecule has 1 nitrogen and oxygen atoms in total. The van der Waals surface area contributed by atoms with Crippen molar-refractivity contribution < 1.29 is 24.5 Å². The molecule has 0 bridgehead atoms. The topological polar surface area (TPSA) is 20.2 Å². The summed E-state index contributed by atoms with van der Waals surface area (Å²) in [5.74, 6) is 0. The maximum atomic E-state index is 9.43. The molecule has 0 aliphatic carbocycles. The van der Waals surface area contributed by atoms with Crippen LogP contribution in [0.1, 0.15) is 34.6 Å². The van der Waals surface area contributed by atoms with Crippen molar-refractivity contribution in [3.05, 3.63) is 23.8 Å². The molecule has 0 fully saturated rings. The number of hydrogen-bond acceptors (Lipinski definition) is 1. The monoisotopic (exact) mass is 363 g/mol. The first-order valence-electron chi connectivity index (χ1n) is 4.66. The third-order valence-corrected chi connectivity index (χ3v) is 2.60. The molecule has 0 radical (unpaired) electrons. The molecule has 0 aliphatic rings. The fourth-order valence-corrected chi connectivity index (χ4v) is 2.35. The van der Waals surface area contributed by atoms with Gasteiger partial charge in [-0.2, -0.15) is 0 Å². The van der Waals surface area contributed by atoms with E-state index in [1.54, 1.807) is 19.9 Å². The number of allylic oxidation sites excluding steroid dienone is 3. The van der Waals surface area contributed by atoms with Crippen LogP contribution in [0, 0.1) is 11.5 Å². The average Bonchev–Trinajstić information content (AvgIpc) is 1.93. The van der Waals surface area contributed by atoms with E-state index < -0.39 is 5.60 Å². The molecule has 2 heteroatoms. The van der Waals surface area contributed by atoms with E-state index in [-0.39, 0.29) is 5.41 Å². The zero-order valence-electron chi connectivity index (χ0n) is 9.59. The third-order valence-electron chi connectivity index (χ3n) is 1.69. The van der Waals surface area contributed by atoms with Gasteiger partial charge in [-0.05, 0) is 0 Å². The van der Waals surface area contributed by atoms with Crippen LogP contribution in [-0.2, 0) is 19.4 Å². The van der Waals surface area contributed by atoms with Crippen molar-refractivity contribution in [3.63, 3.8) is 0 Å². The third kappa shape index (κ3) is 6.45. The summed E-state index contributed by atoms with van der Waals surface area (Å²) in [6, 6.07) is 0. The summed E-state index contributed by atoms with van der Waals surface area (Å²) in [5, 5.41) is 9.43. The Kier molecular flexibility index (Phi) is 5.18. The molecule has 0 rings (SSSR count). The summed E-state index contributed by atoms with van der Waals surface area (Å²) >= 11 is 1.44. The molecule has 80 valence electrons. The molecule has 0 heterocycles. The molecule has 0 saturated heterocycles. The molecular formula is C12H19OW-. The van der Waals surface area contributed by atoms with E-state index in [2.05, 4.69) is 31.2 Å². The summed E-state index contributed by atoms with van der Waals surface area (Å²) in [7, 11) is 0. The van der Waals surface area contributed by atoms with Crippen LogP contribution in [0.4, 0.5) is 0 Å². The SMILES string of the molecule is CC(C)(O)[C-]=C/C=C(\[CH]=[W])C(C)(C)C. The van der Waals surface area contributed by atoms with Crippen molar-refractivity contribution in [1.29, 1.82) is 0 Å². The molecule has 0 atom stereocenters. The van der Waals surface area contributed by atoms with Gasteiger partial charge in [0, 0.05) is 0 Å². The van der Waals surface area contributed by atoms with Crippen molar-refractivity contribution in [2.24, 2.45) is 5.41 Å². The molecule has 0 spiro atoms. The number of aliphatic hydroxyl groups is 1. The van der Waals surface area contributed by atoms with Gasteiger partial charge in [-0.25, -0.2) is 0 Å². The summed E-state index contributed by atoms with van der Waals surface area (Å²) in [5.41, 5.74) is 0.601. The standard InChI is InChI=1S/C12H19O.W/c1-10(11(2,3)4)8-7-9-12(5,6)13;/h1,7-8,13H,2-6H3;/q-1;/b10-8+;. The summed E-state index contributed by atoms with van der Waals surface area (Å²) < 4.78 is 2.17. The quantitative estimate of drug-likeness (QED) is 0.604. The van der Waals surface area contributed by atoms with Gasteiger partial charge in [-0.1, -0.05) is 0 Å². The Morgan fingerprint density at radius 2 is 1.71 bits per heavy atom. The van der Waals surface area contributed by atoms with Gasteiger partial charge < -0.3 is 0 Å². The molecule has 0 unspecified atom stereocenters. The second-order valence-corrected chi connectivity index (χ2v) is 5.71. The van der Waals surface area contributed by atoms with Crippen LogP contribution in [0.3, 0.4) is 0 Å². The van der Waals surface area contributed by atoms with Gasteiger partial charge in [0.1, 0.15) is 0 Å². The first-order valence-corrected chi connectivity index (χ1v) is 6.35. The molecule has 0 aromatic heterocycles. The maximum absolute atomic E-state index is 9.43. The van der Waals surface area contributed by atoms with E-state index in [4.69, 9.17) is 0 Å². The Morgan fingerprint density at radius 3 is 2.00 bits per heavy atom. The minimum absolute atomic E-state index is 0.166. The van der Waals surface area contributed by atoms with Gasteiger partial charge in [-0.15, -0.1) is 0 Å². The van der Waals surface area contributed by atoms with Crippen LogP contribution in [0.15, 0.2) is 17.7 Å². The van der Waals surface area contributed by atoms with Crippen LogP contribution in [0.5, 0.6) is 0 Å². The second kappa shape index (κ2) is 5.18. The predicted molar refractivity (Wildman–Crippen MR) is 57.7 cm³/mol. The van der Waals surface area contributed by atoms with Crippen molar-refractivity contribution in [1.82, 2.24) is 0 Å². The van der Waals surface area contributed by atoms with E-state index in [0.29, 0.717) is 0 Å². The fourth-order valence-electron chi connectivity index (χ4n) is 0.801. The average molecular weight is 363 g/mol. The van der Waals surface area contributed by atoms with Crippen molar-refractivity contribution in [2.45, 2.75) is 40.2 Å². The van der Waals surface area contributed by atoms with E-state index in [1.807, 2.05) is 6.08 Å². The van der Waals surface area contributed by atoms with Gasteiger partial charge in [0.25, 0.3) is 0 Å². The normalized spacial score (nSPS) is 14.9. The van der Waals surface area contributed by atoms with Crippen LogP contribution in [0.25, 0.3) is 0 Å². The zero-order valence-corrected chi connectivity index (χ0v) is 12.5. The van der Waals surface area contributed by atoms with Crippen LogP contribution in [0.2, 0.25) is 0 Å². The Hall–Kier alpha value is -0.00169. The first kappa shape index (κ1) is 14.0. The van der Waals surface area contributed by atoms with Crippen molar-refractivity contribution in [2.75, 3.05) is 0 Å². The molecule has 0 saturated carbocycles. The number of hydrogen-bond donors (Lipinski definition) is 1. The van der Waals surface area contributed by atoms with Gasteiger partial charge in [0.2, 0.25) is 0 Å². The molecule has 14 heavy (non-hydrogen) atoms. The van der Waals surface area contributed by atoms with Crippen LogP contribution in [-0.4, -0.2) is 15.1 Å². The van der Waals surface area contributed by atoms with E-state index in [0.717, 1.165) is 0 Å². The van der Waals surface area contributed by atoms with Crippen LogP contribution < -0.4 is 0 Å². The molecule has 1 N–H and O–H groups in total. The molecule has 0 aromatic rings. The Bertz CT molecular complexity index is 248. The second-order valence-electron chi connectivity index (χ2n) is 4.86. The van der Waals surface area contributed by atoms with Crippen LogP contribution >= 0.6 is 0 Å². The van der Waals surface area contributed by atoms with Crippen molar-refractivity contribution in [3.8, 4) is 0 Å². The predicted octanol–water partition coefficient (Wildman–Crippen LogP) is 2.44. The summed E-state index contributed by atoms with van der Waals surface area (Å²) in [6.07, 6.45) is 6.73. The van der Waals surface area contributed by atoms with Crippen molar-refractivity contribution >= 4 is 4.40 Å². The Morgan fingerprint density at radius 1 is 1.21 bits per heavy atom. The molecule has 0 aromatic carbocycles. The zero-order chi connectivity index (χ0) is 11.4. The van der Waals surface area contributed by atoms with E-state index >= 15 is 0 Å². The van der Waals surface area contributed by atoms with Gasteiger partial charge in [0.15, 0.2) is 0 Å². The van der Waals surface area contributed by atoms with E-state index in [1.165, 1.54) is 24.9 Å². The van der Waals surface area contributed by atoms with Gasteiger partial charge >= 0.3 is 98.3 Å².